The van der Waals surface area contributed by atoms with E-state index in [0.29, 0.717) is 11.6 Å². The van der Waals surface area contributed by atoms with Gasteiger partial charge in [0.25, 0.3) is 0 Å². The molecule has 0 aliphatic carbocycles. The number of hydrogen-bond acceptors (Lipinski definition) is 3. The van der Waals surface area contributed by atoms with Crippen molar-refractivity contribution in [2.24, 2.45) is 0 Å². The van der Waals surface area contributed by atoms with Gasteiger partial charge < -0.3 is 14.5 Å². The Kier molecular flexibility index (Phi) is 5.50. The monoisotopic (exact) mass is 293 g/mol. The molecule has 2 aromatic rings. The van der Waals surface area contributed by atoms with Crippen molar-refractivity contribution >= 4 is 11.6 Å². The molecule has 0 saturated heterocycles. The number of halogens is 1. The van der Waals surface area contributed by atoms with E-state index in [0.717, 1.165) is 36.8 Å². The predicted octanol–water partition coefficient (Wildman–Crippen LogP) is 4.32. The first-order valence-electron chi connectivity index (χ1n) is 6.86. The van der Waals surface area contributed by atoms with Crippen LogP contribution >= 0.6 is 11.6 Å². The van der Waals surface area contributed by atoms with Gasteiger partial charge in [0.2, 0.25) is 0 Å². The minimum Gasteiger partial charge on any atom is -0.486 e. The van der Waals surface area contributed by atoms with Crippen molar-refractivity contribution in [2.75, 3.05) is 6.54 Å². The molecular weight excluding hydrogens is 274 g/mol. The highest BCUT2D eigenvalue weighted by molar-refractivity contribution is 6.30. The number of hydrogen-bond donors (Lipinski definition) is 1. The lowest BCUT2D eigenvalue weighted by Gasteiger charge is -2.03. The summed E-state index contributed by atoms with van der Waals surface area (Å²) < 4.78 is 11.4. The molecule has 0 radical (unpaired) electrons. The molecule has 0 saturated carbocycles. The Morgan fingerprint density at radius 1 is 1.25 bits per heavy atom. The van der Waals surface area contributed by atoms with Crippen LogP contribution in [-0.2, 0) is 13.2 Å². The van der Waals surface area contributed by atoms with E-state index in [1.165, 1.54) is 5.56 Å². The highest BCUT2D eigenvalue weighted by Gasteiger charge is 2.07. The van der Waals surface area contributed by atoms with Crippen LogP contribution in [0.5, 0.6) is 5.75 Å². The van der Waals surface area contributed by atoms with Crippen LogP contribution in [0.4, 0.5) is 0 Å². The van der Waals surface area contributed by atoms with E-state index in [2.05, 4.69) is 12.2 Å². The second-order valence-corrected chi connectivity index (χ2v) is 5.15. The van der Waals surface area contributed by atoms with Crippen LogP contribution in [0.25, 0.3) is 0 Å². The Bertz CT molecular complexity index is 534. The summed E-state index contributed by atoms with van der Waals surface area (Å²) in [6.45, 7) is 6.41. The van der Waals surface area contributed by atoms with Crippen molar-refractivity contribution in [3.8, 4) is 5.75 Å². The maximum Gasteiger partial charge on any atom is 0.146 e. The van der Waals surface area contributed by atoms with Gasteiger partial charge in [0.1, 0.15) is 23.9 Å². The van der Waals surface area contributed by atoms with Gasteiger partial charge in [-0.3, -0.25) is 0 Å². The molecule has 0 aliphatic heterocycles. The minimum atomic E-state index is 0.427. The van der Waals surface area contributed by atoms with Crippen LogP contribution in [-0.4, -0.2) is 6.54 Å². The van der Waals surface area contributed by atoms with E-state index in [9.17, 15) is 0 Å². The van der Waals surface area contributed by atoms with Crippen molar-refractivity contribution in [2.45, 2.75) is 33.4 Å². The molecule has 0 unspecified atom stereocenters. The minimum absolute atomic E-state index is 0.427. The van der Waals surface area contributed by atoms with Gasteiger partial charge in [-0.2, -0.15) is 0 Å². The Balaban J connectivity index is 1.89. The fourth-order valence-corrected chi connectivity index (χ4v) is 2.05. The van der Waals surface area contributed by atoms with Crippen molar-refractivity contribution in [1.82, 2.24) is 5.32 Å². The molecular formula is C16H20ClNO2. The highest BCUT2D eigenvalue weighted by atomic mass is 35.5. The summed E-state index contributed by atoms with van der Waals surface area (Å²) in [4.78, 5) is 0. The molecule has 1 heterocycles. The first-order chi connectivity index (χ1) is 9.69. The van der Waals surface area contributed by atoms with E-state index < -0.39 is 0 Å². The fraction of sp³-hybridized carbons (Fsp3) is 0.375. The summed E-state index contributed by atoms with van der Waals surface area (Å²) in [6, 6.07) is 9.37. The van der Waals surface area contributed by atoms with E-state index in [-0.39, 0.29) is 0 Å². The van der Waals surface area contributed by atoms with E-state index >= 15 is 0 Å². The molecule has 0 bridgehead atoms. The van der Waals surface area contributed by atoms with Crippen LogP contribution in [0, 0.1) is 6.92 Å². The van der Waals surface area contributed by atoms with Crippen LogP contribution < -0.4 is 10.1 Å². The molecule has 0 spiro atoms. The fourth-order valence-electron chi connectivity index (χ4n) is 1.92. The zero-order valence-electron chi connectivity index (χ0n) is 11.9. The third-order valence-electron chi connectivity index (χ3n) is 3.01. The number of ether oxygens (including phenoxy) is 1. The summed E-state index contributed by atoms with van der Waals surface area (Å²) in [5, 5.41) is 4.07. The molecule has 108 valence electrons. The molecule has 0 fully saturated rings. The average molecular weight is 294 g/mol. The van der Waals surface area contributed by atoms with Gasteiger partial charge in [0, 0.05) is 17.1 Å². The Hall–Kier alpha value is -1.45. The Labute approximate surface area is 124 Å². The van der Waals surface area contributed by atoms with Gasteiger partial charge in [0.15, 0.2) is 0 Å². The number of rotatable bonds is 7. The third-order valence-corrected chi connectivity index (χ3v) is 3.26. The van der Waals surface area contributed by atoms with Crippen LogP contribution in [0.2, 0.25) is 5.02 Å². The Morgan fingerprint density at radius 3 is 2.70 bits per heavy atom. The normalized spacial score (nSPS) is 10.8. The lowest BCUT2D eigenvalue weighted by atomic mass is 10.2. The summed E-state index contributed by atoms with van der Waals surface area (Å²) in [7, 11) is 0. The Morgan fingerprint density at radius 2 is 2.00 bits per heavy atom. The smallest absolute Gasteiger partial charge is 0.146 e. The standard InChI is InChI=1S/C16H20ClNO2/c1-3-8-18-10-13-9-16(20-12(13)2)11-19-15-6-4-14(17)5-7-15/h4-7,9,18H,3,8,10-11H2,1-2H3. The molecule has 0 aliphatic rings. The molecule has 3 nitrogen and oxygen atoms in total. The van der Waals surface area contributed by atoms with Gasteiger partial charge in [0.05, 0.1) is 0 Å². The van der Waals surface area contributed by atoms with Gasteiger partial charge in [-0.1, -0.05) is 18.5 Å². The zero-order valence-corrected chi connectivity index (χ0v) is 12.7. The first kappa shape index (κ1) is 14.9. The molecule has 1 aromatic carbocycles. The maximum absolute atomic E-state index is 5.83. The molecule has 20 heavy (non-hydrogen) atoms. The molecule has 4 heteroatoms. The number of furan rings is 1. The maximum atomic E-state index is 5.83. The second kappa shape index (κ2) is 7.36. The van der Waals surface area contributed by atoms with Crippen molar-refractivity contribution in [3.63, 3.8) is 0 Å². The van der Waals surface area contributed by atoms with Crippen molar-refractivity contribution < 1.29 is 9.15 Å². The van der Waals surface area contributed by atoms with E-state index in [4.69, 9.17) is 20.8 Å². The first-order valence-corrected chi connectivity index (χ1v) is 7.24. The van der Waals surface area contributed by atoms with E-state index in [1.54, 1.807) is 0 Å². The summed E-state index contributed by atoms with van der Waals surface area (Å²) >= 11 is 5.83. The molecule has 0 amide bonds. The van der Waals surface area contributed by atoms with Crippen LogP contribution in [0.1, 0.15) is 30.4 Å². The molecule has 0 atom stereocenters. The zero-order chi connectivity index (χ0) is 14.4. The number of aryl methyl sites for hydroxylation is 1. The van der Waals surface area contributed by atoms with Crippen LogP contribution in [0.15, 0.2) is 34.7 Å². The van der Waals surface area contributed by atoms with Crippen LogP contribution in [0.3, 0.4) is 0 Å². The van der Waals surface area contributed by atoms with Gasteiger partial charge >= 0.3 is 0 Å². The van der Waals surface area contributed by atoms with E-state index in [1.807, 2.05) is 37.3 Å². The lowest BCUT2D eigenvalue weighted by Crippen LogP contribution is -2.13. The highest BCUT2D eigenvalue weighted by Crippen LogP contribution is 2.19. The topological polar surface area (TPSA) is 34.4 Å². The van der Waals surface area contributed by atoms with Crippen molar-refractivity contribution in [3.05, 3.63) is 52.4 Å². The van der Waals surface area contributed by atoms with Gasteiger partial charge in [-0.15, -0.1) is 0 Å². The largest absolute Gasteiger partial charge is 0.486 e. The quantitative estimate of drug-likeness (QED) is 0.772. The molecule has 1 aromatic heterocycles. The predicted molar refractivity (Wildman–Crippen MR) is 81.2 cm³/mol. The number of benzene rings is 1. The summed E-state index contributed by atoms with van der Waals surface area (Å²) in [5.74, 6) is 2.57. The summed E-state index contributed by atoms with van der Waals surface area (Å²) in [6.07, 6.45) is 1.13. The van der Waals surface area contributed by atoms with Gasteiger partial charge in [-0.05, 0) is 50.2 Å². The average Bonchev–Trinajstić information content (AvgIpc) is 2.79. The second-order valence-electron chi connectivity index (χ2n) is 4.71. The lowest BCUT2D eigenvalue weighted by molar-refractivity contribution is 0.267. The van der Waals surface area contributed by atoms with Crippen molar-refractivity contribution in [1.29, 1.82) is 0 Å². The summed E-state index contributed by atoms with van der Waals surface area (Å²) in [5.41, 5.74) is 1.19. The molecule has 1 N–H and O–H groups in total. The molecule has 2 rings (SSSR count). The third kappa shape index (κ3) is 4.29. The number of nitrogens with one attached hydrogen (secondary N) is 1. The SMILES string of the molecule is CCCNCc1cc(COc2ccc(Cl)cc2)oc1C. The van der Waals surface area contributed by atoms with Gasteiger partial charge in [-0.25, -0.2) is 0 Å².